The van der Waals surface area contributed by atoms with Gasteiger partial charge in [-0.3, -0.25) is 4.90 Å². The van der Waals surface area contributed by atoms with E-state index >= 15 is 0 Å². The van der Waals surface area contributed by atoms with Crippen LogP contribution in [0.1, 0.15) is 43.1 Å². The molecule has 3 nitrogen and oxygen atoms in total. The van der Waals surface area contributed by atoms with Crippen LogP contribution in [0.15, 0.2) is 48.8 Å². The van der Waals surface area contributed by atoms with Crippen LogP contribution in [0.2, 0.25) is 0 Å². The molecule has 0 spiro atoms. The lowest BCUT2D eigenvalue weighted by atomic mass is 10.2. The van der Waals surface area contributed by atoms with Crippen molar-refractivity contribution < 1.29 is 0 Å². The standard InChI is InChI=1S/C19H23N3/c1-2-5-16(6-3-1)7-4-13-21(17-8-9-17)15-19-20-12-14-22(19)18-10-11-18/h1-7,12,14,17-18H,8-11,13,15H2/b7-4+. The highest BCUT2D eigenvalue weighted by Gasteiger charge is 2.31. The van der Waals surface area contributed by atoms with E-state index in [0.717, 1.165) is 25.2 Å². The van der Waals surface area contributed by atoms with Gasteiger partial charge in [-0.15, -0.1) is 0 Å². The summed E-state index contributed by atoms with van der Waals surface area (Å²) in [4.78, 5) is 7.16. The largest absolute Gasteiger partial charge is 0.331 e. The summed E-state index contributed by atoms with van der Waals surface area (Å²) in [5.41, 5.74) is 1.28. The Kier molecular flexibility index (Phi) is 3.81. The SMILES string of the molecule is C(=C\c1ccccc1)/CN(Cc1nccn1C1CC1)C1CC1. The van der Waals surface area contributed by atoms with E-state index in [1.54, 1.807) is 0 Å². The molecular formula is C19H23N3. The van der Waals surface area contributed by atoms with Crippen molar-refractivity contribution in [3.05, 3.63) is 60.2 Å². The number of nitrogens with zero attached hydrogens (tertiary/aromatic N) is 3. The van der Waals surface area contributed by atoms with Crippen LogP contribution in [0.25, 0.3) is 6.08 Å². The highest BCUT2D eigenvalue weighted by atomic mass is 15.2. The second kappa shape index (κ2) is 6.09. The number of aromatic nitrogens is 2. The molecule has 3 heteroatoms. The maximum atomic E-state index is 4.59. The number of benzene rings is 1. The molecule has 0 unspecified atom stereocenters. The minimum Gasteiger partial charge on any atom is -0.331 e. The van der Waals surface area contributed by atoms with Crippen molar-refractivity contribution in [2.45, 2.75) is 44.3 Å². The van der Waals surface area contributed by atoms with Crippen LogP contribution in [0.5, 0.6) is 0 Å². The molecule has 0 radical (unpaired) electrons. The minimum absolute atomic E-state index is 0.721. The fourth-order valence-electron chi connectivity index (χ4n) is 3.00. The molecule has 1 aromatic carbocycles. The average molecular weight is 293 g/mol. The summed E-state index contributed by atoms with van der Waals surface area (Å²) in [5.74, 6) is 1.24. The summed E-state index contributed by atoms with van der Waals surface area (Å²) in [5, 5.41) is 0. The highest BCUT2D eigenvalue weighted by Crippen LogP contribution is 2.36. The van der Waals surface area contributed by atoms with E-state index in [-0.39, 0.29) is 0 Å². The van der Waals surface area contributed by atoms with E-state index in [2.05, 4.69) is 63.1 Å². The Balaban J connectivity index is 1.40. The molecule has 0 amide bonds. The van der Waals surface area contributed by atoms with Gasteiger partial charge in [0.15, 0.2) is 0 Å². The first-order valence-corrected chi connectivity index (χ1v) is 8.37. The monoisotopic (exact) mass is 293 g/mol. The molecule has 2 aliphatic rings. The highest BCUT2D eigenvalue weighted by molar-refractivity contribution is 5.48. The van der Waals surface area contributed by atoms with Gasteiger partial charge in [-0.2, -0.15) is 0 Å². The van der Waals surface area contributed by atoms with Crippen LogP contribution >= 0.6 is 0 Å². The molecule has 4 rings (SSSR count). The second-order valence-corrected chi connectivity index (χ2v) is 6.46. The molecule has 2 fully saturated rings. The van der Waals surface area contributed by atoms with E-state index in [1.165, 1.54) is 37.1 Å². The number of imidazole rings is 1. The van der Waals surface area contributed by atoms with E-state index in [4.69, 9.17) is 0 Å². The predicted octanol–water partition coefficient (Wildman–Crippen LogP) is 3.90. The van der Waals surface area contributed by atoms with Gasteiger partial charge in [0.05, 0.1) is 6.54 Å². The fraction of sp³-hybridized carbons (Fsp3) is 0.421. The Hall–Kier alpha value is -1.87. The van der Waals surface area contributed by atoms with Gasteiger partial charge in [-0.25, -0.2) is 4.98 Å². The lowest BCUT2D eigenvalue weighted by Gasteiger charge is -2.20. The molecule has 0 bridgehead atoms. The molecular weight excluding hydrogens is 270 g/mol. The van der Waals surface area contributed by atoms with Gasteiger partial charge in [0.1, 0.15) is 5.82 Å². The zero-order chi connectivity index (χ0) is 14.8. The van der Waals surface area contributed by atoms with Crippen molar-refractivity contribution in [2.24, 2.45) is 0 Å². The van der Waals surface area contributed by atoms with Crippen molar-refractivity contribution in [1.82, 2.24) is 14.5 Å². The second-order valence-electron chi connectivity index (χ2n) is 6.46. The zero-order valence-corrected chi connectivity index (χ0v) is 12.9. The van der Waals surface area contributed by atoms with Gasteiger partial charge < -0.3 is 4.57 Å². The lowest BCUT2D eigenvalue weighted by molar-refractivity contribution is 0.272. The van der Waals surface area contributed by atoms with Gasteiger partial charge in [-0.05, 0) is 31.2 Å². The van der Waals surface area contributed by atoms with Gasteiger partial charge in [0.2, 0.25) is 0 Å². The molecule has 0 aliphatic heterocycles. The van der Waals surface area contributed by atoms with Crippen molar-refractivity contribution >= 4 is 6.08 Å². The van der Waals surface area contributed by atoms with Crippen molar-refractivity contribution in [1.29, 1.82) is 0 Å². The quantitative estimate of drug-likeness (QED) is 0.772. The van der Waals surface area contributed by atoms with Crippen molar-refractivity contribution in [3.8, 4) is 0 Å². The Bertz CT molecular complexity index is 636. The Morgan fingerprint density at radius 3 is 2.68 bits per heavy atom. The lowest BCUT2D eigenvalue weighted by Crippen LogP contribution is -2.27. The Morgan fingerprint density at radius 2 is 1.95 bits per heavy atom. The van der Waals surface area contributed by atoms with Crippen molar-refractivity contribution in [3.63, 3.8) is 0 Å². The molecule has 2 saturated carbocycles. The van der Waals surface area contributed by atoms with Crippen LogP contribution in [-0.4, -0.2) is 27.0 Å². The molecule has 2 aromatic rings. The fourth-order valence-corrected chi connectivity index (χ4v) is 3.00. The number of hydrogen-bond acceptors (Lipinski definition) is 2. The van der Waals surface area contributed by atoms with Crippen LogP contribution in [-0.2, 0) is 6.54 Å². The summed E-state index contributed by atoms with van der Waals surface area (Å²) < 4.78 is 2.39. The van der Waals surface area contributed by atoms with Gasteiger partial charge in [0, 0.05) is 31.0 Å². The van der Waals surface area contributed by atoms with Gasteiger partial charge in [0.25, 0.3) is 0 Å². The third-order valence-corrected chi connectivity index (χ3v) is 4.55. The summed E-state index contributed by atoms with van der Waals surface area (Å²) in [6.07, 6.45) is 13.9. The molecule has 0 saturated heterocycles. The molecule has 1 aromatic heterocycles. The number of hydrogen-bond donors (Lipinski definition) is 0. The molecule has 0 atom stereocenters. The molecule has 114 valence electrons. The van der Waals surface area contributed by atoms with E-state index in [9.17, 15) is 0 Å². The first-order chi connectivity index (χ1) is 10.9. The van der Waals surface area contributed by atoms with Crippen molar-refractivity contribution in [2.75, 3.05) is 6.54 Å². The van der Waals surface area contributed by atoms with E-state index in [0.29, 0.717) is 0 Å². The predicted molar refractivity (Wildman–Crippen MR) is 89.4 cm³/mol. The Labute approximate surface area is 132 Å². The summed E-state index contributed by atoms with van der Waals surface area (Å²) in [6.45, 7) is 1.99. The first-order valence-electron chi connectivity index (χ1n) is 8.37. The third kappa shape index (κ3) is 3.30. The molecule has 0 N–H and O–H groups in total. The number of rotatable bonds is 7. The van der Waals surface area contributed by atoms with Crippen LogP contribution < -0.4 is 0 Å². The topological polar surface area (TPSA) is 21.1 Å². The zero-order valence-electron chi connectivity index (χ0n) is 12.9. The maximum absolute atomic E-state index is 4.59. The van der Waals surface area contributed by atoms with E-state index < -0.39 is 0 Å². The average Bonchev–Trinajstić information content (AvgIpc) is 3.47. The summed E-state index contributed by atoms with van der Waals surface area (Å²) in [7, 11) is 0. The van der Waals surface area contributed by atoms with Gasteiger partial charge in [-0.1, -0.05) is 42.5 Å². The summed E-state index contributed by atoms with van der Waals surface area (Å²) in [6, 6.07) is 12.0. The van der Waals surface area contributed by atoms with Gasteiger partial charge >= 0.3 is 0 Å². The van der Waals surface area contributed by atoms with Crippen LogP contribution in [0.4, 0.5) is 0 Å². The Morgan fingerprint density at radius 1 is 1.14 bits per heavy atom. The molecule has 22 heavy (non-hydrogen) atoms. The molecule has 1 heterocycles. The smallest absolute Gasteiger partial charge is 0.123 e. The van der Waals surface area contributed by atoms with Crippen LogP contribution in [0.3, 0.4) is 0 Å². The first kappa shape index (κ1) is 13.8. The summed E-state index contributed by atoms with van der Waals surface area (Å²) >= 11 is 0. The maximum Gasteiger partial charge on any atom is 0.123 e. The third-order valence-electron chi connectivity index (χ3n) is 4.55. The van der Waals surface area contributed by atoms with Crippen LogP contribution in [0, 0.1) is 0 Å². The normalized spacial score (nSPS) is 18.4. The molecule has 2 aliphatic carbocycles. The van der Waals surface area contributed by atoms with E-state index in [1.807, 2.05) is 6.20 Å². The minimum atomic E-state index is 0.721.